The molecule has 2 aromatic carbocycles. The maximum Gasteiger partial charge on any atom is 0.302 e. The molecular weight excluding hydrogens is 552 g/mol. The van der Waals surface area contributed by atoms with Gasteiger partial charge < -0.3 is 20.1 Å². The molecular formula is C28H30N4O8S. The molecule has 0 saturated carbocycles. The Hall–Kier alpha value is -4.78. The van der Waals surface area contributed by atoms with Gasteiger partial charge >= 0.3 is 5.97 Å². The summed E-state index contributed by atoms with van der Waals surface area (Å²) in [5.41, 5.74) is 1.21. The van der Waals surface area contributed by atoms with Crippen LogP contribution in [-0.2, 0) is 26.0 Å². The number of amides is 3. The van der Waals surface area contributed by atoms with Crippen molar-refractivity contribution in [2.75, 3.05) is 26.3 Å². The van der Waals surface area contributed by atoms with Gasteiger partial charge in [-0.25, -0.2) is 13.1 Å². The van der Waals surface area contributed by atoms with Crippen molar-refractivity contribution < 1.29 is 37.1 Å². The van der Waals surface area contributed by atoms with Crippen LogP contribution in [0.4, 0.5) is 0 Å². The van der Waals surface area contributed by atoms with E-state index in [1.54, 1.807) is 36.4 Å². The summed E-state index contributed by atoms with van der Waals surface area (Å²) >= 11 is 0. The molecule has 0 aliphatic heterocycles. The molecule has 13 heteroatoms. The number of carbonyl (C=O) groups excluding carboxylic acids is 4. The summed E-state index contributed by atoms with van der Waals surface area (Å²) in [5, 5.41) is 5.31. The Morgan fingerprint density at radius 2 is 1.46 bits per heavy atom. The molecule has 1 aromatic heterocycles. The van der Waals surface area contributed by atoms with Crippen LogP contribution in [-0.4, -0.2) is 63.4 Å². The van der Waals surface area contributed by atoms with Gasteiger partial charge in [0.25, 0.3) is 27.7 Å². The molecule has 0 bridgehead atoms. The van der Waals surface area contributed by atoms with E-state index >= 15 is 0 Å². The van der Waals surface area contributed by atoms with Crippen molar-refractivity contribution in [2.45, 2.75) is 25.2 Å². The van der Waals surface area contributed by atoms with Crippen LogP contribution in [0.1, 0.15) is 50.6 Å². The predicted octanol–water partition coefficient (Wildman–Crippen LogP) is 1.86. The number of nitrogens with zero attached hydrogens (tertiary/aromatic N) is 1. The number of hydrogen-bond acceptors (Lipinski definition) is 9. The van der Waals surface area contributed by atoms with Crippen LogP contribution in [0.25, 0.3) is 0 Å². The Morgan fingerprint density at radius 3 is 2.07 bits per heavy atom. The van der Waals surface area contributed by atoms with Crippen LogP contribution in [0, 0.1) is 0 Å². The van der Waals surface area contributed by atoms with Gasteiger partial charge in [0.15, 0.2) is 0 Å². The average molecular weight is 583 g/mol. The van der Waals surface area contributed by atoms with Crippen molar-refractivity contribution in [1.82, 2.24) is 20.3 Å². The van der Waals surface area contributed by atoms with Crippen LogP contribution in [0.3, 0.4) is 0 Å². The van der Waals surface area contributed by atoms with E-state index in [1.165, 1.54) is 31.2 Å². The van der Waals surface area contributed by atoms with Crippen molar-refractivity contribution in [3.8, 4) is 5.75 Å². The van der Waals surface area contributed by atoms with E-state index in [4.69, 9.17) is 9.47 Å². The number of nitrogens with one attached hydrogen (secondary N) is 3. The maximum atomic E-state index is 12.7. The monoisotopic (exact) mass is 582 g/mol. The average Bonchev–Trinajstić information content (AvgIpc) is 2.95. The lowest BCUT2D eigenvalue weighted by atomic mass is 10.1. The van der Waals surface area contributed by atoms with Crippen molar-refractivity contribution in [1.29, 1.82) is 0 Å². The minimum atomic E-state index is -4.18. The zero-order valence-corrected chi connectivity index (χ0v) is 23.3. The molecule has 0 unspecified atom stereocenters. The number of hydrogen-bond donors (Lipinski definition) is 3. The summed E-state index contributed by atoms with van der Waals surface area (Å²) in [6, 6.07) is 15.2. The van der Waals surface area contributed by atoms with Crippen molar-refractivity contribution in [3.63, 3.8) is 0 Å². The van der Waals surface area contributed by atoms with Gasteiger partial charge in [-0.15, -0.1) is 0 Å². The fraction of sp³-hybridized carbons (Fsp3) is 0.250. The molecule has 0 aliphatic carbocycles. The van der Waals surface area contributed by atoms with E-state index in [1.807, 2.05) is 11.6 Å². The Bertz CT molecular complexity index is 1470. The summed E-state index contributed by atoms with van der Waals surface area (Å²) in [7, 11) is -4.18. The second kappa shape index (κ2) is 14.6. The minimum absolute atomic E-state index is 0.00140. The second-order valence-electron chi connectivity index (χ2n) is 8.57. The van der Waals surface area contributed by atoms with E-state index < -0.39 is 27.8 Å². The lowest BCUT2D eigenvalue weighted by molar-refractivity contribution is -0.140. The van der Waals surface area contributed by atoms with Gasteiger partial charge in [0, 0.05) is 25.2 Å². The summed E-state index contributed by atoms with van der Waals surface area (Å²) in [4.78, 5) is 51.4. The Morgan fingerprint density at radius 1 is 0.805 bits per heavy atom. The Labute approximate surface area is 237 Å². The lowest BCUT2D eigenvalue weighted by Gasteiger charge is -2.09. The topological polar surface area (TPSA) is 170 Å². The zero-order chi connectivity index (χ0) is 29.8. The van der Waals surface area contributed by atoms with E-state index in [0.29, 0.717) is 30.9 Å². The fourth-order valence-corrected chi connectivity index (χ4v) is 4.45. The molecule has 1 heterocycles. The smallest absolute Gasteiger partial charge is 0.302 e. The van der Waals surface area contributed by atoms with Crippen molar-refractivity contribution >= 4 is 33.7 Å². The molecule has 3 rings (SSSR count). The first-order valence-corrected chi connectivity index (χ1v) is 14.1. The molecule has 0 spiro atoms. The number of carbonyl (C=O) groups is 4. The molecule has 0 saturated heterocycles. The van der Waals surface area contributed by atoms with Crippen molar-refractivity contribution in [3.05, 3.63) is 89.2 Å². The second-order valence-corrected chi connectivity index (χ2v) is 10.3. The number of rotatable bonds is 13. The Kier molecular flexibility index (Phi) is 10.9. The number of pyridine rings is 1. The zero-order valence-electron chi connectivity index (χ0n) is 22.5. The van der Waals surface area contributed by atoms with Crippen LogP contribution in [0.15, 0.2) is 71.8 Å². The number of ether oxygens (including phenoxy) is 2. The number of sulfonamides is 1. The number of aromatic nitrogens is 1. The van der Waals surface area contributed by atoms with Gasteiger partial charge in [-0.05, 0) is 67.4 Å². The quantitative estimate of drug-likeness (QED) is 0.201. The largest absolute Gasteiger partial charge is 0.494 e. The van der Waals surface area contributed by atoms with Gasteiger partial charge in [-0.1, -0.05) is 12.1 Å². The van der Waals surface area contributed by atoms with Crippen LogP contribution < -0.4 is 20.1 Å². The SMILES string of the molecule is CCOc1ccc(C(=O)NCCc2ccc(S(=O)(=O)NC(=O)c3ccc(C(=O)NCCOC(C)=O)nc3)cc2)cc1. The Balaban J connectivity index is 1.49. The third-order valence-electron chi connectivity index (χ3n) is 5.54. The first kappa shape index (κ1) is 30.8. The molecule has 3 N–H and O–H groups in total. The van der Waals surface area contributed by atoms with Gasteiger partial charge in [-0.3, -0.25) is 24.2 Å². The molecule has 0 radical (unpaired) electrons. The van der Waals surface area contributed by atoms with Crippen molar-refractivity contribution in [2.24, 2.45) is 0 Å². The van der Waals surface area contributed by atoms with Gasteiger partial charge in [0.2, 0.25) is 0 Å². The van der Waals surface area contributed by atoms with Gasteiger partial charge in [0.1, 0.15) is 18.1 Å². The van der Waals surface area contributed by atoms with Crippen LogP contribution in [0.2, 0.25) is 0 Å². The summed E-state index contributed by atoms with van der Waals surface area (Å²) in [5.74, 6) is -1.49. The van der Waals surface area contributed by atoms with Gasteiger partial charge in [-0.2, -0.15) is 0 Å². The first-order valence-electron chi connectivity index (χ1n) is 12.6. The fourth-order valence-electron chi connectivity index (χ4n) is 3.48. The summed E-state index contributed by atoms with van der Waals surface area (Å²) in [6.07, 6.45) is 1.54. The molecule has 0 fully saturated rings. The molecule has 12 nitrogen and oxygen atoms in total. The van der Waals surface area contributed by atoms with E-state index in [2.05, 4.69) is 15.6 Å². The predicted molar refractivity (Wildman–Crippen MR) is 148 cm³/mol. The number of esters is 1. The minimum Gasteiger partial charge on any atom is -0.494 e. The normalized spacial score (nSPS) is 10.8. The van der Waals surface area contributed by atoms with Crippen LogP contribution in [0.5, 0.6) is 5.75 Å². The molecule has 0 aliphatic rings. The standard InChI is InChI=1S/C28H30N4O8S/c1-3-39-23-9-6-21(7-10-23)26(34)29-15-14-20-4-11-24(12-5-20)41(37,38)32-27(35)22-8-13-25(31-18-22)28(36)30-16-17-40-19(2)33/h4-13,18H,3,14-17H2,1-2H3,(H,29,34)(H,30,36)(H,32,35). The maximum absolute atomic E-state index is 12.7. The molecule has 3 aromatic rings. The highest BCUT2D eigenvalue weighted by atomic mass is 32.2. The molecule has 3 amide bonds. The summed E-state index contributed by atoms with van der Waals surface area (Å²) < 4.78 is 37.5. The van der Waals surface area contributed by atoms with Crippen LogP contribution >= 0.6 is 0 Å². The third kappa shape index (κ3) is 9.42. The lowest BCUT2D eigenvalue weighted by Crippen LogP contribution is -2.31. The number of benzene rings is 2. The molecule has 41 heavy (non-hydrogen) atoms. The highest BCUT2D eigenvalue weighted by Gasteiger charge is 2.19. The summed E-state index contributed by atoms with van der Waals surface area (Å²) in [6.45, 7) is 4.08. The highest BCUT2D eigenvalue weighted by Crippen LogP contribution is 2.13. The molecule has 216 valence electrons. The molecule has 0 atom stereocenters. The van der Waals surface area contributed by atoms with Gasteiger partial charge in [0.05, 0.1) is 23.6 Å². The highest BCUT2D eigenvalue weighted by molar-refractivity contribution is 7.90. The van der Waals surface area contributed by atoms with E-state index in [9.17, 15) is 27.6 Å². The van der Waals surface area contributed by atoms with E-state index in [0.717, 1.165) is 11.8 Å². The first-order chi connectivity index (χ1) is 19.6. The van der Waals surface area contributed by atoms with E-state index in [-0.39, 0.29) is 35.2 Å². The third-order valence-corrected chi connectivity index (χ3v) is 6.89.